The number of anilines is 1. The number of nitrogens with zero attached hydrogens (tertiary/aromatic N) is 3. The molecule has 0 bridgehead atoms. The molecule has 2 aromatic heterocycles. The SMILES string of the molecule is COC(=O)c1nn(-c2ccc(OC)cn2)cc1N. The van der Waals surface area contributed by atoms with Gasteiger partial charge in [0.15, 0.2) is 11.5 Å². The molecule has 2 heterocycles. The predicted molar refractivity (Wildman–Crippen MR) is 63.7 cm³/mol. The number of nitrogen functional groups attached to an aromatic ring is 1. The molecule has 0 spiro atoms. The van der Waals surface area contributed by atoms with Gasteiger partial charge in [-0.1, -0.05) is 0 Å². The minimum Gasteiger partial charge on any atom is -0.495 e. The van der Waals surface area contributed by atoms with Crippen molar-refractivity contribution in [2.75, 3.05) is 20.0 Å². The average molecular weight is 248 g/mol. The Hall–Kier alpha value is -2.57. The molecule has 0 fully saturated rings. The summed E-state index contributed by atoms with van der Waals surface area (Å²) in [5, 5.41) is 4.02. The van der Waals surface area contributed by atoms with Gasteiger partial charge in [-0.15, -0.1) is 0 Å². The van der Waals surface area contributed by atoms with Gasteiger partial charge >= 0.3 is 5.97 Å². The highest BCUT2D eigenvalue weighted by Crippen LogP contribution is 2.15. The van der Waals surface area contributed by atoms with Gasteiger partial charge in [-0.25, -0.2) is 14.5 Å². The zero-order valence-electron chi connectivity index (χ0n) is 9.95. The molecule has 0 atom stereocenters. The smallest absolute Gasteiger partial charge is 0.360 e. The summed E-state index contributed by atoms with van der Waals surface area (Å²) in [6.07, 6.45) is 3.05. The first kappa shape index (κ1) is 11.9. The van der Waals surface area contributed by atoms with Crippen molar-refractivity contribution in [2.45, 2.75) is 0 Å². The van der Waals surface area contributed by atoms with Crippen LogP contribution in [0.2, 0.25) is 0 Å². The molecule has 0 aliphatic rings. The van der Waals surface area contributed by atoms with E-state index in [9.17, 15) is 4.79 Å². The lowest BCUT2D eigenvalue weighted by atomic mass is 10.4. The quantitative estimate of drug-likeness (QED) is 0.801. The summed E-state index contributed by atoms with van der Waals surface area (Å²) in [6, 6.07) is 3.43. The highest BCUT2D eigenvalue weighted by Gasteiger charge is 2.16. The number of carbonyl (C=O) groups is 1. The minimum absolute atomic E-state index is 0.0649. The van der Waals surface area contributed by atoms with E-state index in [4.69, 9.17) is 10.5 Å². The molecule has 0 saturated carbocycles. The van der Waals surface area contributed by atoms with Gasteiger partial charge in [0.05, 0.1) is 32.3 Å². The van der Waals surface area contributed by atoms with Gasteiger partial charge < -0.3 is 15.2 Å². The van der Waals surface area contributed by atoms with Crippen molar-refractivity contribution in [1.82, 2.24) is 14.8 Å². The number of carbonyl (C=O) groups excluding carboxylic acids is 1. The summed E-state index contributed by atoms with van der Waals surface area (Å²) in [5.41, 5.74) is 5.98. The van der Waals surface area contributed by atoms with Gasteiger partial charge in [-0.05, 0) is 12.1 Å². The number of aromatic nitrogens is 3. The lowest BCUT2D eigenvalue weighted by molar-refractivity contribution is 0.0594. The molecule has 0 aliphatic carbocycles. The summed E-state index contributed by atoms with van der Waals surface area (Å²) in [5.74, 6) is 0.574. The van der Waals surface area contributed by atoms with E-state index in [1.165, 1.54) is 18.0 Å². The van der Waals surface area contributed by atoms with Crippen LogP contribution >= 0.6 is 0 Å². The van der Waals surface area contributed by atoms with E-state index in [1.54, 1.807) is 25.4 Å². The van der Waals surface area contributed by atoms with Crippen molar-refractivity contribution in [3.05, 3.63) is 30.2 Å². The van der Waals surface area contributed by atoms with Crippen LogP contribution in [-0.4, -0.2) is 35.0 Å². The normalized spacial score (nSPS) is 10.1. The van der Waals surface area contributed by atoms with Crippen LogP contribution in [0.4, 0.5) is 5.69 Å². The lowest BCUT2D eigenvalue weighted by Gasteiger charge is -2.01. The third-order valence-corrected chi connectivity index (χ3v) is 2.31. The molecule has 0 radical (unpaired) electrons. The summed E-state index contributed by atoms with van der Waals surface area (Å²) in [6.45, 7) is 0. The molecular formula is C11H12N4O3. The second kappa shape index (κ2) is 4.74. The van der Waals surface area contributed by atoms with Crippen LogP contribution < -0.4 is 10.5 Å². The molecule has 2 aromatic rings. The van der Waals surface area contributed by atoms with E-state index in [0.717, 1.165) is 0 Å². The maximum Gasteiger partial charge on any atom is 0.360 e. The zero-order valence-corrected chi connectivity index (χ0v) is 9.95. The van der Waals surface area contributed by atoms with Crippen molar-refractivity contribution >= 4 is 11.7 Å². The Kier molecular flexibility index (Phi) is 3.13. The molecule has 7 nitrogen and oxygen atoms in total. The lowest BCUT2D eigenvalue weighted by Crippen LogP contribution is -2.06. The summed E-state index contributed by atoms with van der Waals surface area (Å²) in [4.78, 5) is 15.5. The number of esters is 1. The van der Waals surface area contributed by atoms with E-state index in [2.05, 4.69) is 14.8 Å². The molecule has 0 unspecified atom stereocenters. The summed E-state index contributed by atoms with van der Waals surface area (Å²) in [7, 11) is 2.82. The van der Waals surface area contributed by atoms with Crippen LogP contribution in [0.3, 0.4) is 0 Å². The molecule has 2 rings (SSSR count). The number of hydrogen-bond acceptors (Lipinski definition) is 6. The first-order valence-corrected chi connectivity index (χ1v) is 5.09. The van der Waals surface area contributed by atoms with Crippen LogP contribution in [0.1, 0.15) is 10.5 Å². The van der Waals surface area contributed by atoms with Crippen molar-refractivity contribution in [2.24, 2.45) is 0 Å². The maximum absolute atomic E-state index is 11.4. The van der Waals surface area contributed by atoms with Crippen molar-refractivity contribution in [1.29, 1.82) is 0 Å². The van der Waals surface area contributed by atoms with Crippen LogP contribution in [-0.2, 0) is 4.74 Å². The van der Waals surface area contributed by atoms with Crippen molar-refractivity contribution in [3.63, 3.8) is 0 Å². The molecule has 0 amide bonds. The van der Waals surface area contributed by atoms with Crippen molar-refractivity contribution < 1.29 is 14.3 Å². The van der Waals surface area contributed by atoms with Gasteiger partial charge in [0, 0.05) is 0 Å². The molecular weight excluding hydrogens is 236 g/mol. The van der Waals surface area contributed by atoms with Crippen LogP contribution in [0.15, 0.2) is 24.5 Å². The Labute approximate surface area is 103 Å². The fourth-order valence-corrected chi connectivity index (χ4v) is 1.39. The molecule has 0 aromatic carbocycles. The van der Waals surface area contributed by atoms with Crippen molar-refractivity contribution in [3.8, 4) is 11.6 Å². The molecule has 0 aliphatic heterocycles. The van der Waals surface area contributed by atoms with Crippen LogP contribution in [0, 0.1) is 0 Å². The molecule has 94 valence electrons. The number of pyridine rings is 1. The Morgan fingerprint density at radius 2 is 2.17 bits per heavy atom. The third kappa shape index (κ3) is 2.10. The Morgan fingerprint density at radius 3 is 2.72 bits per heavy atom. The molecule has 18 heavy (non-hydrogen) atoms. The van der Waals surface area contributed by atoms with Gasteiger partial charge in [0.1, 0.15) is 5.75 Å². The predicted octanol–water partition coefficient (Wildman–Crippen LogP) is 0.645. The number of hydrogen-bond donors (Lipinski definition) is 1. The molecule has 7 heteroatoms. The first-order valence-electron chi connectivity index (χ1n) is 5.09. The largest absolute Gasteiger partial charge is 0.495 e. The fourth-order valence-electron chi connectivity index (χ4n) is 1.39. The van der Waals surface area contributed by atoms with Gasteiger partial charge in [-0.3, -0.25) is 0 Å². The number of rotatable bonds is 3. The van der Waals surface area contributed by atoms with Crippen LogP contribution in [0.5, 0.6) is 5.75 Å². The number of nitrogens with two attached hydrogens (primary N) is 1. The van der Waals surface area contributed by atoms with Gasteiger partial charge in [0.25, 0.3) is 0 Å². The molecule has 2 N–H and O–H groups in total. The Bertz CT molecular complexity index is 562. The van der Waals surface area contributed by atoms with Crippen LogP contribution in [0.25, 0.3) is 5.82 Å². The zero-order chi connectivity index (χ0) is 13.1. The summed E-state index contributed by atoms with van der Waals surface area (Å²) >= 11 is 0. The standard InChI is InChI=1S/C11H12N4O3/c1-17-7-3-4-9(13-5-7)15-6-8(12)10(14-15)11(16)18-2/h3-6H,12H2,1-2H3. The highest BCUT2D eigenvalue weighted by molar-refractivity contribution is 5.92. The molecule has 0 saturated heterocycles. The van der Waals surface area contributed by atoms with E-state index in [-0.39, 0.29) is 11.4 Å². The average Bonchev–Trinajstić information content (AvgIpc) is 2.80. The topological polar surface area (TPSA) is 92.3 Å². The highest BCUT2D eigenvalue weighted by atomic mass is 16.5. The monoisotopic (exact) mass is 248 g/mol. The third-order valence-electron chi connectivity index (χ3n) is 2.31. The van der Waals surface area contributed by atoms with E-state index >= 15 is 0 Å². The van der Waals surface area contributed by atoms with Gasteiger partial charge in [0.2, 0.25) is 0 Å². The number of methoxy groups -OCH3 is 2. The maximum atomic E-state index is 11.4. The Morgan fingerprint density at radius 1 is 1.39 bits per heavy atom. The Balaban J connectivity index is 2.36. The van der Waals surface area contributed by atoms with E-state index in [0.29, 0.717) is 11.6 Å². The van der Waals surface area contributed by atoms with Gasteiger partial charge in [-0.2, -0.15) is 5.10 Å². The first-order chi connectivity index (χ1) is 8.65. The minimum atomic E-state index is -0.584. The second-order valence-corrected chi connectivity index (χ2v) is 3.43. The summed E-state index contributed by atoms with van der Waals surface area (Å²) < 4.78 is 11.0. The van der Waals surface area contributed by atoms with E-state index < -0.39 is 5.97 Å². The number of ether oxygens (including phenoxy) is 2. The van der Waals surface area contributed by atoms with E-state index in [1.807, 2.05) is 0 Å². The fraction of sp³-hybridized carbons (Fsp3) is 0.182. The second-order valence-electron chi connectivity index (χ2n) is 3.43.